The van der Waals surface area contributed by atoms with Gasteiger partial charge < -0.3 is 10.4 Å². The van der Waals surface area contributed by atoms with Crippen LogP contribution in [0.4, 0.5) is 10.1 Å². The molecule has 6 heteroatoms. The highest BCUT2D eigenvalue weighted by molar-refractivity contribution is 6.31. The Morgan fingerprint density at radius 3 is 2.82 bits per heavy atom. The summed E-state index contributed by atoms with van der Waals surface area (Å²) in [5, 5.41) is 13.2. The first-order chi connectivity index (χ1) is 13.4. The summed E-state index contributed by atoms with van der Waals surface area (Å²) < 4.78 is 15.1. The third-order valence-corrected chi connectivity index (χ3v) is 5.84. The van der Waals surface area contributed by atoms with Gasteiger partial charge in [-0.2, -0.15) is 0 Å². The maximum atomic E-state index is 15.1. The molecule has 0 bridgehead atoms. The Morgan fingerprint density at radius 2 is 2.18 bits per heavy atom. The van der Waals surface area contributed by atoms with Gasteiger partial charge in [-0.15, -0.1) is 0 Å². The van der Waals surface area contributed by atoms with E-state index < -0.39 is 5.97 Å². The molecular formula is C22H26ClFN2O2. The van der Waals surface area contributed by atoms with E-state index in [0.717, 1.165) is 22.6 Å². The molecule has 1 saturated heterocycles. The number of nitrogens with one attached hydrogen (secondary N) is 1. The van der Waals surface area contributed by atoms with Crippen molar-refractivity contribution in [2.45, 2.75) is 39.3 Å². The van der Waals surface area contributed by atoms with E-state index in [0.29, 0.717) is 37.3 Å². The predicted molar refractivity (Wildman–Crippen MR) is 110 cm³/mol. The smallest absolute Gasteiger partial charge is 0.307 e. The molecule has 2 aromatic carbocycles. The molecule has 2 atom stereocenters. The minimum atomic E-state index is -0.776. The summed E-state index contributed by atoms with van der Waals surface area (Å²) in [4.78, 5) is 13.1. The number of carbonyl (C=O) groups is 1. The third-order valence-electron chi connectivity index (χ3n) is 5.42. The highest BCUT2D eigenvalue weighted by atomic mass is 35.5. The monoisotopic (exact) mass is 404 g/mol. The molecule has 0 spiro atoms. The van der Waals surface area contributed by atoms with Crippen LogP contribution < -0.4 is 5.32 Å². The topological polar surface area (TPSA) is 52.6 Å². The van der Waals surface area contributed by atoms with E-state index in [-0.39, 0.29) is 17.8 Å². The van der Waals surface area contributed by atoms with Crippen molar-refractivity contribution in [3.05, 3.63) is 63.9 Å². The second-order valence-corrected chi connectivity index (χ2v) is 7.86. The normalized spacial score (nSPS) is 18.2. The zero-order chi connectivity index (χ0) is 20.3. The lowest BCUT2D eigenvalue weighted by atomic mass is 10.0. The van der Waals surface area contributed by atoms with Crippen LogP contribution in [-0.4, -0.2) is 29.1 Å². The van der Waals surface area contributed by atoms with E-state index in [4.69, 9.17) is 16.7 Å². The van der Waals surface area contributed by atoms with Crippen molar-refractivity contribution in [1.82, 2.24) is 4.90 Å². The predicted octanol–water partition coefficient (Wildman–Crippen LogP) is 5.26. The molecule has 1 aliphatic rings. The number of nitrogens with zero attached hydrogens (tertiary/aromatic N) is 1. The number of rotatable bonds is 7. The number of anilines is 1. The van der Waals surface area contributed by atoms with Gasteiger partial charge in [-0.3, -0.25) is 9.69 Å². The van der Waals surface area contributed by atoms with E-state index in [1.807, 2.05) is 36.1 Å². The molecule has 0 unspecified atom stereocenters. The molecule has 0 radical (unpaired) electrons. The van der Waals surface area contributed by atoms with Gasteiger partial charge in [0, 0.05) is 23.7 Å². The maximum absolute atomic E-state index is 15.1. The van der Waals surface area contributed by atoms with Crippen LogP contribution in [0.5, 0.6) is 0 Å². The summed E-state index contributed by atoms with van der Waals surface area (Å²) in [6, 6.07) is 11.2. The number of carboxylic acids is 1. The van der Waals surface area contributed by atoms with Crippen LogP contribution in [0.3, 0.4) is 0 Å². The van der Waals surface area contributed by atoms with Crippen molar-refractivity contribution >= 4 is 23.3 Å². The van der Waals surface area contributed by atoms with Gasteiger partial charge in [-0.1, -0.05) is 42.8 Å². The molecule has 1 aliphatic heterocycles. The molecule has 28 heavy (non-hydrogen) atoms. The van der Waals surface area contributed by atoms with Crippen molar-refractivity contribution in [1.29, 1.82) is 0 Å². The minimum absolute atomic E-state index is 0.0242. The zero-order valence-corrected chi connectivity index (χ0v) is 17.0. The summed E-state index contributed by atoms with van der Waals surface area (Å²) in [7, 11) is 0. The Hall–Kier alpha value is -2.11. The Balaban J connectivity index is 1.74. The van der Waals surface area contributed by atoms with Crippen molar-refractivity contribution in [3.8, 4) is 0 Å². The molecule has 150 valence electrons. The van der Waals surface area contributed by atoms with Gasteiger partial charge in [0.1, 0.15) is 0 Å². The first kappa shape index (κ1) is 20.6. The third kappa shape index (κ3) is 4.65. The average Bonchev–Trinajstić information content (AvgIpc) is 3.14. The van der Waals surface area contributed by atoms with Gasteiger partial charge in [-0.25, -0.2) is 4.39 Å². The molecule has 3 rings (SSSR count). The minimum Gasteiger partial charge on any atom is -0.481 e. The zero-order valence-electron chi connectivity index (χ0n) is 16.2. The van der Waals surface area contributed by atoms with Gasteiger partial charge in [0.25, 0.3) is 0 Å². The molecule has 2 aromatic rings. The van der Waals surface area contributed by atoms with Gasteiger partial charge in [0.05, 0.1) is 17.6 Å². The lowest BCUT2D eigenvalue weighted by Gasteiger charge is -2.22. The standard InChI is InChI=1S/C22H26ClFN2O2/c1-3-19(15-7-8-18(23)14(2)11-15)25-20-6-4-5-16(21(20)24)12-26-10-9-17(13-26)22(27)28/h4-8,11,17,19,25H,3,9-10,12-13H2,1-2H3,(H,27,28)/t17-,19-/m1/s1. The van der Waals surface area contributed by atoms with Crippen molar-refractivity contribution in [3.63, 3.8) is 0 Å². The average molecular weight is 405 g/mol. The number of aliphatic carboxylic acids is 1. The number of hydrogen-bond acceptors (Lipinski definition) is 3. The van der Waals surface area contributed by atoms with Crippen LogP contribution in [0.15, 0.2) is 36.4 Å². The molecule has 0 aromatic heterocycles. The lowest BCUT2D eigenvalue weighted by Crippen LogP contribution is -2.23. The molecule has 1 fully saturated rings. The quantitative estimate of drug-likeness (QED) is 0.661. The number of hydrogen-bond donors (Lipinski definition) is 2. The van der Waals surface area contributed by atoms with Crippen LogP contribution >= 0.6 is 11.6 Å². The largest absolute Gasteiger partial charge is 0.481 e. The summed E-state index contributed by atoms with van der Waals surface area (Å²) in [5.74, 6) is -1.41. The highest BCUT2D eigenvalue weighted by Gasteiger charge is 2.28. The molecule has 0 aliphatic carbocycles. The van der Waals surface area contributed by atoms with Crippen molar-refractivity contribution in [2.75, 3.05) is 18.4 Å². The lowest BCUT2D eigenvalue weighted by molar-refractivity contribution is -0.141. The molecule has 1 heterocycles. The SMILES string of the molecule is CC[C@@H](Nc1cccc(CN2CC[C@@H](C(=O)O)C2)c1F)c1ccc(Cl)c(C)c1. The van der Waals surface area contributed by atoms with E-state index in [2.05, 4.69) is 12.2 Å². The first-order valence-corrected chi connectivity index (χ1v) is 10.0. The molecular weight excluding hydrogens is 379 g/mol. The van der Waals surface area contributed by atoms with Crippen LogP contribution in [0, 0.1) is 18.7 Å². The summed E-state index contributed by atoms with van der Waals surface area (Å²) in [6.45, 7) is 5.57. The Labute approximate surface area is 170 Å². The first-order valence-electron chi connectivity index (χ1n) is 9.64. The fourth-order valence-electron chi connectivity index (χ4n) is 3.73. The van der Waals surface area contributed by atoms with Crippen LogP contribution in [-0.2, 0) is 11.3 Å². The highest BCUT2D eigenvalue weighted by Crippen LogP contribution is 2.29. The summed E-state index contributed by atoms with van der Waals surface area (Å²) >= 11 is 6.12. The van der Waals surface area contributed by atoms with Gasteiger partial charge in [0.2, 0.25) is 0 Å². The number of aryl methyl sites for hydroxylation is 1. The van der Waals surface area contributed by atoms with Crippen LogP contribution in [0.25, 0.3) is 0 Å². The van der Waals surface area contributed by atoms with Gasteiger partial charge in [-0.05, 0) is 49.6 Å². The number of benzene rings is 2. The van der Waals surface area contributed by atoms with Crippen LogP contribution in [0.2, 0.25) is 5.02 Å². The fraction of sp³-hybridized carbons (Fsp3) is 0.409. The Kier molecular flexibility index (Phi) is 6.57. The Morgan fingerprint density at radius 1 is 1.39 bits per heavy atom. The molecule has 2 N–H and O–H groups in total. The van der Waals surface area contributed by atoms with Crippen LogP contribution in [0.1, 0.15) is 42.5 Å². The van der Waals surface area contributed by atoms with E-state index in [1.54, 1.807) is 12.1 Å². The molecule has 4 nitrogen and oxygen atoms in total. The summed E-state index contributed by atoms with van der Waals surface area (Å²) in [5.41, 5.74) is 3.11. The second-order valence-electron chi connectivity index (χ2n) is 7.45. The Bertz CT molecular complexity index is 858. The number of halogens is 2. The maximum Gasteiger partial charge on any atom is 0.307 e. The van der Waals surface area contributed by atoms with Gasteiger partial charge >= 0.3 is 5.97 Å². The molecule has 0 amide bonds. The van der Waals surface area contributed by atoms with E-state index in [1.165, 1.54) is 0 Å². The number of likely N-dealkylation sites (tertiary alicyclic amines) is 1. The summed E-state index contributed by atoms with van der Waals surface area (Å²) in [6.07, 6.45) is 1.42. The fourth-order valence-corrected chi connectivity index (χ4v) is 3.84. The van der Waals surface area contributed by atoms with Crippen molar-refractivity contribution < 1.29 is 14.3 Å². The van der Waals surface area contributed by atoms with E-state index in [9.17, 15) is 4.79 Å². The second kappa shape index (κ2) is 8.93. The van der Waals surface area contributed by atoms with Gasteiger partial charge in [0.15, 0.2) is 5.82 Å². The van der Waals surface area contributed by atoms with E-state index >= 15 is 4.39 Å². The number of carboxylic acid groups (broad SMARTS) is 1. The molecule has 0 saturated carbocycles. The van der Waals surface area contributed by atoms with Crippen molar-refractivity contribution in [2.24, 2.45) is 5.92 Å².